The lowest BCUT2D eigenvalue weighted by atomic mass is 10.1. The summed E-state index contributed by atoms with van der Waals surface area (Å²) >= 11 is 0. The molecular weight excluding hydrogens is 232 g/mol. The zero-order valence-corrected chi connectivity index (χ0v) is 10.7. The molecule has 5 heteroatoms. The second-order valence-electron chi connectivity index (χ2n) is 5.22. The Hall–Kier alpha value is -2.04. The molecule has 0 aliphatic carbocycles. The van der Waals surface area contributed by atoms with Crippen molar-refractivity contribution in [3.8, 4) is 5.75 Å². The van der Waals surface area contributed by atoms with Crippen molar-refractivity contribution >= 4 is 17.5 Å². The highest BCUT2D eigenvalue weighted by Crippen LogP contribution is 2.31. The smallest absolute Gasteiger partial charge is 0.262 e. The van der Waals surface area contributed by atoms with Crippen LogP contribution in [0.2, 0.25) is 0 Å². The fraction of sp³-hybridized carbons (Fsp3) is 0.385. The minimum Gasteiger partial charge on any atom is -0.482 e. The van der Waals surface area contributed by atoms with Crippen LogP contribution in [0.25, 0.3) is 0 Å². The molecule has 1 heterocycles. The van der Waals surface area contributed by atoms with Crippen LogP contribution in [0, 0.1) is 0 Å². The number of amides is 2. The van der Waals surface area contributed by atoms with Gasteiger partial charge in [-0.15, -0.1) is 0 Å². The molecule has 0 aromatic heterocycles. The number of rotatable bonds is 1. The first-order valence-corrected chi connectivity index (χ1v) is 5.75. The van der Waals surface area contributed by atoms with E-state index in [0.29, 0.717) is 17.0 Å². The summed E-state index contributed by atoms with van der Waals surface area (Å²) in [5.74, 6) is 0.0415. The van der Waals surface area contributed by atoms with Crippen LogP contribution in [0.15, 0.2) is 18.2 Å². The summed E-state index contributed by atoms with van der Waals surface area (Å²) in [7, 11) is 0. The molecular formula is C13H16N2O3. The van der Waals surface area contributed by atoms with E-state index in [1.165, 1.54) is 0 Å². The van der Waals surface area contributed by atoms with Gasteiger partial charge in [-0.3, -0.25) is 9.59 Å². The van der Waals surface area contributed by atoms with Gasteiger partial charge in [-0.05, 0) is 32.9 Å². The van der Waals surface area contributed by atoms with Crippen molar-refractivity contribution in [3.05, 3.63) is 23.8 Å². The molecule has 0 radical (unpaired) electrons. The molecule has 2 amide bonds. The van der Waals surface area contributed by atoms with Crippen LogP contribution >= 0.6 is 0 Å². The summed E-state index contributed by atoms with van der Waals surface area (Å²) in [5.41, 5.74) is 0.519. The lowest BCUT2D eigenvalue weighted by Gasteiger charge is -2.24. The van der Waals surface area contributed by atoms with E-state index in [2.05, 4.69) is 10.6 Å². The van der Waals surface area contributed by atoms with Gasteiger partial charge in [0.25, 0.3) is 11.8 Å². The van der Waals surface area contributed by atoms with E-state index in [9.17, 15) is 9.59 Å². The van der Waals surface area contributed by atoms with E-state index in [-0.39, 0.29) is 24.0 Å². The average molecular weight is 248 g/mol. The second-order valence-corrected chi connectivity index (χ2v) is 5.22. The van der Waals surface area contributed by atoms with Crippen LogP contribution < -0.4 is 15.4 Å². The summed E-state index contributed by atoms with van der Waals surface area (Å²) < 4.78 is 5.26. The molecule has 0 atom stereocenters. The van der Waals surface area contributed by atoms with E-state index in [4.69, 9.17) is 4.74 Å². The molecule has 1 aliphatic heterocycles. The highest BCUT2D eigenvalue weighted by Gasteiger charge is 2.24. The van der Waals surface area contributed by atoms with Gasteiger partial charge in [0.2, 0.25) is 0 Å². The quantitative estimate of drug-likeness (QED) is 0.792. The molecule has 0 fully saturated rings. The predicted molar refractivity (Wildman–Crippen MR) is 67.8 cm³/mol. The van der Waals surface area contributed by atoms with Gasteiger partial charge in [0.05, 0.1) is 11.3 Å². The van der Waals surface area contributed by atoms with E-state index in [1.54, 1.807) is 18.2 Å². The number of carbonyl (C=O) groups is 2. The molecule has 96 valence electrons. The van der Waals surface area contributed by atoms with Crippen LogP contribution in [0.4, 0.5) is 5.69 Å². The maximum absolute atomic E-state index is 12.1. The van der Waals surface area contributed by atoms with Crippen LogP contribution in [0.3, 0.4) is 0 Å². The Balaban J connectivity index is 2.34. The molecule has 0 unspecified atom stereocenters. The molecule has 1 aliphatic rings. The topological polar surface area (TPSA) is 67.4 Å². The summed E-state index contributed by atoms with van der Waals surface area (Å²) in [6, 6.07) is 5.12. The lowest BCUT2D eigenvalue weighted by molar-refractivity contribution is -0.118. The van der Waals surface area contributed by atoms with Crippen LogP contribution in [-0.2, 0) is 4.79 Å². The van der Waals surface area contributed by atoms with Crippen molar-refractivity contribution in [2.75, 3.05) is 11.9 Å². The van der Waals surface area contributed by atoms with Gasteiger partial charge < -0.3 is 15.4 Å². The standard InChI is InChI=1S/C13H16N2O3/c1-13(2,3)15-12(17)8-5-4-6-9-11(8)14-10(16)7-18-9/h4-6H,7H2,1-3H3,(H,14,16)(H,15,17). The van der Waals surface area contributed by atoms with Crippen molar-refractivity contribution in [3.63, 3.8) is 0 Å². The van der Waals surface area contributed by atoms with E-state index in [0.717, 1.165) is 0 Å². The highest BCUT2D eigenvalue weighted by molar-refractivity contribution is 6.06. The third kappa shape index (κ3) is 2.61. The normalized spacial score (nSPS) is 14.3. The fourth-order valence-electron chi connectivity index (χ4n) is 1.70. The van der Waals surface area contributed by atoms with E-state index < -0.39 is 0 Å². The molecule has 0 saturated carbocycles. The Morgan fingerprint density at radius 1 is 1.39 bits per heavy atom. The first-order valence-electron chi connectivity index (χ1n) is 5.75. The SMILES string of the molecule is CC(C)(C)NC(=O)c1cccc2c1NC(=O)CO2. The second kappa shape index (κ2) is 4.33. The maximum Gasteiger partial charge on any atom is 0.262 e. The summed E-state index contributed by atoms with van der Waals surface area (Å²) in [6.45, 7) is 5.68. The van der Waals surface area contributed by atoms with Gasteiger partial charge in [-0.2, -0.15) is 0 Å². The zero-order valence-electron chi connectivity index (χ0n) is 10.7. The minimum atomic E-state index is -0.334. The third-order valence-electron chi connectivity index (χ3n) is 2.38. The summed E-state index contributed by atoms with van der Waals surface area (Å²) in [4.78, 5) is 23.4. The van der Waals surface area contributed by atoms with Gasteiger partial charge in [0.15, 0.2) is 6.61 Å². The predicted octanol–water partition coefficient (Wildman–Crippen LogP) is 1.55. The Kier molecular flexibility index (Phi) is 2.98. The Labute approximate surface area is 106 Å². The first-order chi connectivity index (χ1) is 8.37. The van der Waals surface area contributed by atoms with E-state index in [1.807, 2.05) is 20.8 Å². The number of hydrogen-bond donors (Lipinski definition) is 2. The molecule has 0 spiro atoms. The van der Waals surface area contributed by atoms with Crippen LogP contribution in [-0.4, -0.2) is 24.0 Å². The maximum atomic E-state index is 12.1. The molecule has 1 aromatic rings. The molecule has 0 saturated heterocycles. The highest BCUT2D eigenvalue weighted by atomic mass is 16.5. The van der Waals surface area contributed by atoms with Crippen LogP contribution in [0.1, 0.15) is 31.1 Å². The van der Waals surface area contributed by atoms with Gasteiger partial charge >= 0.3 is 0 Å². The summed E-state index contributed by atoms with van der Waals surface area (Å²) in [6.07, 6.45) is 0. The monoisotopic (exact) mass is 248 g/mol. The number of carbonyl (C=O) groups excluding carboxylic acids is 2. The molecule has 2 N–H and O–H groups in total. The summed E-state index contributed by atoms with van der Waals surface area (Å²) in [5, 5.41) is 5.52. The zero-order chi connectivity index (χ0) is 13.3. The molecule has 5 nitrogen and oxygen atoms in total. The third-order valence-corrected chi connectivity index (χ3v) is 2.38. The molecule has 2 rings (SSSR count). The Morgan fingerprint density at radius 2 is 2.11 bits per heavy atom. The van der Waals surface area contributed by atoms with Gasteiger partial charge in [-0.1, -0.05) is 6.07 Å². The van der Waals surface area contributed by atoms with Gasteiger partial charge in [0.1, 0.15) is 5.75 Å². The minimum absolute atomic E-state index is 0.0165. The lowest BCUT2D eigenvalue weighted by Crippen LogP contribution is -2.41. The number of anilines is 1. The van der Waals surface area contributed by atoms with Crippen molar-refractivity contribution < 1.29 is 14.3 Å². The first kappa shape index (κ1) is 12.4. The number of nitrogens with one attached hydrogen (secondary N) is 2. The van der Waals surface area contributed by atoms with Crippen molar-refractivity contribution in [1.29, 1.82) is 0 Å². The fourth-order valence-corrected chi connectivity index (χ4v) is 1.70. The molecule has 0 bridgehead atoms. The Bertz CT molecular complexity index is 503. The van der Waals surface area contributed by atoms with Gasteiger partial charge in [0, 0.05) is 5.54 Å². The number of hydrogen-bond acceptors (Lipinski definition) is 3. The number of fused-ring (bicyclic) bond motifs is 1. The molecule has 1 aromatic carbocycles. The average Bonchev–Trinajstić information content (AvgIpc) is 2.25. The number of ether oxygens (including phenoxy) is 1. The molecule has 18 heavy (non-hydrogen) atoms. The van der Waals surface area contributed by atoms with Gasteiger partial charge in [-0.25, -0.2) is 0 Å². The number of para-hydroxylation sites is 1. The van der Waals surface area contributed by atoms with Crippen molar-refractivity contribution in [2.24, 2.45) is 0 Å². The van der Waals surface area contributed by atoms with Crippen molar-refractivity contribution in [2.45, 2.75) is 26.3 Å². The number of benzene rings is 1. The van der Waals surface area contributed by atoms with Crippen LogP contribution in [0.5, 0.6) is 5.75 Å². The van der Waals surface area contributed by atoms with E-state index >= 15 is 0 Å². The van der Waals surface area contributed by atoms with Crippen molar-refractivity contribution in [1.82, 2.24) is 5.32 Å². The Morgan fingerprint density at radius 3 is 2.78 bits per heavy atom. The largest absolute Gasteiger partial charge is 0.482 e.